The van der Waals surface area contributed by atoms with Crippen molar-refractivity contribution < 1.29 is 4.79 Å². The molecule has 0 atom stereocenters. The van der Waals surface area contributed by atoms with Crippen LogP contribution in [0.5, 0.6) is 0 Å². The molecular weight excluding hydrogens is 290 g/mol. The number of halogens is 1. The Balaban J connectivity index is 2.22. The van der Waals surface area contributed by atoms with Gasteiger partial charge in [-0.25, -0.2) is 0 Å². The number of hydrogen-bond donors (Lipinski definition) is 1. The summed E-state index contributed by atoms with van der Waals surface area (Å²) in [6.07, 6.45) is 0.400. The summed E-state index contributed by atoms with van der Waals surface area (Å²) in [6, 6.07) is 13.3. The van der Waals surface area contributed by atoms with Crippen molar-refractivity contribution in [1.82, 2.24) is 0 Å². The molecule has 0 aliphatic heterocycles. The molecule has 0 radical (unpaired) electrons. The van der Waals surface area contributed by atoms with Gasteiger partial charge in [-0.3, -0.25) is 4.79 Å². The second kappa shape index (κ2) is 5.36. The standard InChI is InChI=1S/C15H14BrNO/c1-10-3-2-4-11(5-10)6-15(18)12-7-13(16)9-14(17)8-12/h2-5,7-9H,6,17H2,1H3. The highest BCUT2D eigenvalue weighted by Crippen LogP contribution is 2.19. The molecule has 2 nitrogen and oxygen atoms in total. The van der Waals surface area contributed by atoms with Gasteiger partial charge in [-0.2, -0.15) is 0 Å². The van der Waals surface area contributed by atoms with Crippen molar-refractivity contribution in [2.24, 2.45) is 0 Å². The lowest BCUT2D eigenvalue weighted by atomic mass is 10.0. The summed E-state index contributed by atoms with van der Waals surface area (Å²) in [4.78, 5) is 12.2. The lowest BCUT2D eigenvalue weighted by Crippen LogP contribution is -2.04. The van der Waals surface area contributed by atoms with Crippen molar-refractivity contribution in [2.75, 3.05) is 5.73 Å². The van der Waals surface area contributed by atoms with Gasteiger partial charge < -0.3 is 5.73 Å². The number of rotatable bonds is 3. The van der Waals surface area contributed by atoms with Gasteiger partial charge in [0, 0.05) is 22.1 Å². The zero-order chi connectivity index (χ0) is 13.1. The van der Waals surface area contributed by atoms with E-state index >= 15 is 0 Å². The van der Waals surface area contributed by atoms with Crippen molar-refractivity contribution in [3.63, 3.8) is 0 Å². The molecular formula is C15H14BrNO. The summed E-state index contributed by atoms with van der Waals surface area (Å²) >= 11 is 3.35. The zero-order valence-electron chi connectivity index (χ0n) is 10.1. The number of hydrogen-bond acceptors (Lipinski definition) is 2. The van der Waals surface area contributed by atoms with Gasteiger partial charge >= 0.3 is 0 Å². The average Bonchev–Trinajstić information content (AvgIpc) is 2.27. The monoisotopic (exact) mass is 303 g/mol. The van der Waals surface area contributed by atoms with Crippen molar-refractivity contribution in [3.05, 3.63) is 63.6 Å². The van der Waals surface area contributed by atoms with Crippen LogP contribution in [-0.2, 0) is 6.42 Å². The van der Waals surface area contributed by atoms with Crippen LogP contribution in [0.4, 0.5) is 5.69 Å². The molecule has 0 amide bonds. The van der Waals surface area contributed by atoms with Crippen LogP contribution in [-0.4, -0.2) is 5.78 Å². The van der Waals surface area contributed by atoms with E-state index in [1.807, 2.05) is 31.2 Å². The van der Waals surface area contributed by atoms with E-state index in [1.165, 1.54) is 0 Å². The van der Waals surface area contributed by atoms with E-state index in [4.69, 9.17) is 5.73 Å². The first-order valence-electron chi connectivity index (χ1n) is 5.69. The fourth-order valence-electron chi connectivity index (χ4n) is 1.88. The molecule has 0 unspecified atom stereocenters. The molecule has 0 aromatic heterocycles. The van der Waals surface area contributed by atoms with Gasteiger partial charge in [-0.15, -0.1) is 0 Å². The SMILES string of the molecule is Cc1cccc(CC(=O)c2cc(N)cc(Br)c2)c1. The number of nitrogen functional groups attached to an aromatic ring is 1. The highest BCUT2D eigenvalue weighted by atomic mass is 79.9. The van der Waals surface area contributed by atoms with Gasteiger partial charge in [-0.1, -0.05) is 45.8 Å². The third kappa shape index (κ3) is 3.20. The topological polar surface area (TPSA) is 43.1 Å². The number of ketones is 1. The molecule has 0 fully saturated rings. The van der Waals surface area contributed by atoms with Gasteiger partial charge in [-0.05, 0) is 30.7 Å². The molecule has 0 saturated carbocycles. The highest BCUT2D eigenvalue weighted by Gasteiger charge is 2.08. The summed E-state index contributed by atoms with van der Waals surface area (Å²) in [6.45, 7) is 2.02. The van der Waals surface area contributed by atoms with Gasteiger partial charge in [0.1, 0.15) is 0 Å². The number of nitrogens with two attached hydrogens (primary N) is 1. The number of carbonyl (C=O) groups excluding carboxylic acids is 1. The molecule has 0 aliphatic carbocycles. The van der Waals surface area contributed by atoms with E-state index < -0.39 is 0 Å². The Morgan fingerprint density at radius 1 is 1.22 bits per heavy atom. The van der Waals surface area contributed by atoms with Gasteiger partial charge in [0.15, 0.2) is 5.78 Å². The van der Waals surface area contributed by atoms with E-state index in [-0.39, 0.29) is 5.78 Å². The minimum Gasteiger partial charge on any atom is -0.399 e. The summed E-state index contributed by atoms with van der Waals surface area (Å²) < 4.78 is 0.829. The van der Waals surface area contributed by atoms with E-state index in [1.54, 1.807) is 18.2 Å². The van der Waals surface area contributed by atoms with Crippen LogP contribution in [0.15, 0.2) is 46.9 Å². The zero-order valence-corrected chi connectivity index (χ0v) is 11.7. The summed E-state index contributed by atoms with van der Waals surface area (Å²) in [7, 11) is 0. The maximum atomic E-state index is 12.2. The molecule has 0 bridgehead atoms. The second-order valence-corrected chi connectivity index (χ2v) is 5.28. The van der Waals surface area contributed by atoms with Gasteiger partial charge in [0.25, 0.3) is 0 Å². The lowest BCUT2D eigenvalue weighted by Gasteiger charge is -2.04. The lowest BCUT2D eigenvalue weighted by molar-refractivity contribution is 0.0993. The van der Waals surface area contributed by atoms with E-state index in [0.29, 0.717) is 17.7 Å². The van der Waals surface area contributed by atoms with E-state index in [2.05, 4.69) is 15.9 Å². The number of aryl methyl sites for hydroxylation is 1. The molecule has 18 heavy (non-hydrogen) atoms. The minimum absolute atomic E-state index is 0.0774. The predicted octanol–water partition coefficient (Wildman–Crippen LogP) is 3.77. The Bertz CT molecular complexity index is 573. The Hall–Kier alpha value is -1.61. The number of Topliss-reactive ketones (excluding diaryl/α,β-unsaturated/α-hetero) is 1. The summed E-state index contributed by atoms with van der Waals surface area (Å²) in [5, 5.41) is 0. The van der Waals surface area contributed by atoms with Crippen LogP contribution in [0.25, 0.3) is 0 Å². The first kappa shape index (κ1) is 12.8. The Morgan fingerprint density at radius 2 is 2.00 bits per heavy atom. The molecule has 0 heterocycles. The quantitative estimate of drug-likeness (QED) is 0.693. The van der Waals surface area contributed by atoms with Crippen LogP contribution in [0, 0.1) is 6.92 Å². The molecule has 2 rings (SSSR count). The average molecular weight is 304 g/mol. The normalized spacial score (nSPS) is 10.3. The fourth-order valence-corrected chi connectivity index (χ4v) is 2.39. The molecule has 2 aromatic carbocycles. The van der Waals surface area contributed by atoms with Crippen molar-refractivity contribution in [2.45, 2.75) is 13.3 Å². The highest BCUT2D eigenvalue weighted by molar-refractivity contribution is 9.10. The van der Waals surface area contributed by atoms with Crippen LogP contribution in [0.3, 0.4) is 0 Å². The number of anilines is 1. The molecule has 2 N–H and O–H groups in total. The molecule has 0 aliphatic rings. The van der Waals surface area contributed by atoms with Crippen molar-refractivity contribution >= 4 is 27.4 Å². The first-order chi connectivity index (χ1) is 8.54. The van der Waals surface area contributed by atoms with Gasteiger partial charge in [0.2, 0.25) is 0 Å². The minimum atomic E-state index is 0.0774. The third-order valence-corrected chi connectivity index (χ3v) is 3.15. The molecule has 92 valence electrons. The number of benzene rings is 2. The Kier molecular flexibility index (Phi) is 3.82. The smallest absolute Gasteiger partial charge is 0.167 e. The van der Waals surface area contributed by atoms with Crippen LogP contribution in [0.1, 0.15) is 21.5 Å². The number of carbonyl (C=O) groups is 1. The maximum absolute atomic E-state index is 12.2. The van der Waals surface area contributed by atoms with Crippen molar-refractivity contribution in [3.8, 4) is 0 Å². The summed E-state index contributed by atoms with van der Waals surface area (Å²) in [5.41, 5.74) is 9.16. The molecule has 3 heteroatoms. The summed E-state index contributed by atoms with van der Waals surface area (Å²) in [5.74, 6) is 0.0774. The van der Waals surface area contributed by atoms with E-state index in [9.17, 15) is 4.79 Å². The van der Waals surface area contributed by atoms with Crippen LogP contribution >= 0.6 is 15.9 Å². The largest absolute Gasteiger partial charge is 0.399 e. The second-order valence-electron chi connectivity index (χ2n) is 4.36. The first-order valence-corrected chi connectivity index (χ1v) is 6.49. The third-order valence-electron chi connectivity index (χ3n) is 2.69. The van der Waals surface area contributed by atoms with Crippen molar-refractivity contribution in [1.29, 1.82) is 0 Å². The van der Waals surface area contributed by atoms with Crippen LogP contribution in [0.2, 0.25) is 0 Å². The fraction of sp³-hybridized carbons (Fsp3) is 0.133. The predicted molar refractivity (Wildman–Crippen MR) is 77.8 cm³/mol. The van der Waals surface area contributed by atoms with E-state index in [0.717, 1.165) is 15.6 Å². The molecule has 0 spiro atoms. The Morgan fingerprint density at radius 3 is 2.67 bits per heavy atom. The van der Waals surface area contributed by atoms with Crippen LogP contribution < -0.4 is 5.73 Å². The maximum Gasteiger partial charge on any atom is 0.167 e. The Labute approximate surface area is 115 Å². The van der Waals surface area contributed by atoms with Gasteiger partial charge in [0.05, 0.1) is 0 Å². The molecule has 0 saturated heterocycles. The molecule has 2 aromatic rings.